The average molecular weight is 340 g/mol. The topological polar surface area (TPSA) is 66.5 Å². The number of unbranched alkanes of at least 4 members (excludes halogenated alkanes) is 1. The number of nitrogens with zero attached hydrogens (tertiary/aromatic N) is 1. The predicted octanol–water partition coefficient (Wildman–Crippen LogP) is 2.77. The Morgan fingerprint density at radius 2 is 1.87 bits per heavy atom. The number of anilines is 1. The van der Waals surface area contributed by atoms with Crippen molar-refractivity contribution in [3.05, 3.63) is 29.3 Å². The Labute approximate surface area is 140 Å². The molecule has 6 heteroatoms. The molecule has 0 aromatic heterocycles. The highest BCUT2D eigenvalue weighted by Gasteiger charge is 2.18. The fourth-order valence-corrected chi connectivity index (χ4v) is 3.20. The second-order valence-corrected chi connectivity index (χ2v) is 7.82. The summed E-state index contributed by atoms with van der Waals surface area (Å²) in [5.74, 6) is -0.0213. The molecule has 1 N–H and O–H groups in total. The number of sulfonamides is 1. The van der Waals surface area contributed by atoms with Gasteiger partial charge >= 0.3 is 0 Å². The third-order valence-electron chi connectivity index (χ3n) is 3.80. The molecule has 1 amide bonds. The molecule has 0 radical (unpaired) electrons. The van der Waals surface area contributed by atoms with Gasteiger partial charge in [0.25, 0.3) is 0 Å². The molecule has 0 aliphatic carbocycles. The van der Waals surface area contributed by atoms with Crippen LogP contribution in [0.1, 0.15) is 43.7 Å². The zero-order valence-electron chi connectivity index (χ0n) is 14.6. The van der Waals surface area contributed by atoms with Gasteiger partial charge in [-0.05, 0) is 49.9 Å². The summed E-state index contributed by atoms with van der Waals surface area (Å²) in [5, 5.41) is 2.85. The number of hydrogen-bond donors (Lipinski definition) is 1. The predicted molar refractivity (Wildman–Crippen MR) is 95.3 cm³/mol. The van der Waals surface area contributed by atoms with Gasteiger partial charge in [0, 0.05) is 19.5 Å². The minimum atomic E-state index is -3.36. The molecule has 1 rings (SSSR count). The minimum absolute atomic E-state index is 0.0213. The number of amides is 1. The Morgan fingerprint density at radius 1 is 1.17 bits per heavy atom. The van der Waals surface area contributed by atoms with Crippen LogP contribution in [0.5, 0.6) is 0 Å². The number of nitrogens with one attached hydrogen (secondary N) is 1. The molecule has 0 saturated carbocycles. The molecule has 5 nitrogen and oxygen atoms in total. The van der Waals surface area contributed by atoms with Gasteiger partial charge in [0.2, 0.25) is 15.9 Å². The quantitative estimate of drug-likeness (QED) is 0.703. The van der Waals surface area contributed by atoms with E-state index >= 15 is 0 Å². The highest BCUT2D eigenvalue weighted by molar-refractivity contribution is 7.92. The largest absolute Gasteiger partial charge is 0.356 e. The molecule has 23 heavy (non-hydrogen) atoms. The van der Waals surface area contributed by atoms with Crippen molar-refractivity contribution in [1.82, 2.24) is 5.32 Å². The van der Waals surface area contributed by atoms with Crippen molar-refractivity contribution in [3.63, 3.8) is 0 Å². The average Bonchev–Trinajstić information content (AvgIpc) is 2.46. The summed E-state index contributed by atoms with van der Waals surface area (Å²) in [6.07, 6.45) is 4.03. The minimum Gasteiger partial charge on any atom is -0.356 e. The van der Waals surface area contributed by atoms with Crippen molar-refractivity contribution >= 4 is 21.6 Å². The van der Waals surface area contributed by atoms with Gasteiger partial charge in [0.1, 0.15) is 0 Å². The zero-order valence-corrected chi connectivity index (χ0v) is 15.4. The molecule has 0 aliphatic rings. The Kier molecular flexibility index (Phi) is 7.55. The summed E-state index contributed by atoms with van der Waals surface area (Å²) < 4.78 is 25.5. The summed E-state index contributed by atoms with van der Waals surface area (Å²) in [5.41, 5.74) is 2.83. The number of carbonyl (C=O) groups excluding carboxylic acids is 1. The van der Waals surface area contributed by atoms with Crippen LogP contribution in [0.15, 0.2) is 18.2 Å². The first-order chi connectivity index (χ1) is 10.8. The van der Waals surface area contributed by atoms with Crippen LogP contribution in [0.2, 0.25) is 0 Å². The maximum absolute atomic E-state index is 12.0. The molecule has 0 heterocycles. The van der Waals surface area contributed by atoms with Crippen LogP contribution in [-0.4, -0.2) is 33.7 Å². The van der Waals surface area contributed by atoms with Crippen molar-refractivity contribution in [2.75, 3.05) is 23.7 Å². The summed E-state index contributed by atoms with van der Waals surface area (Å²) in [4.78, 5) is 11.7. The van der Waals surface area contributed by atoms with Crippen LogP contribution in [0.3, 0.4) is 0 Å². The second kappa shape index (κ2) is 8.91. The molecular weight excluding hydrogens is 312 g/mol. The van der Waals surface area contributed by atoms with Crippen molar-refractivity contribution < 1.29 is 13.2 Å². The van der Waals surface area contributed by atoms with Gasteiger partial charge in [0.05, 0.1) is 11.9 Å². The van der Waals surface area contributed by atoms with Crippen molar-refractivity contribution in [1.29, 1.82) is 0 Å². The number of hydrogen-bond acceptors (Lipinski definition) is 3. The van der Waals surface area contributed by atoms with E-state index in [2.05, 4.69) is 12.2 Å². The normalized spacial score (nSPS) is 11.3. The van der Waals surface area contributed by atoms with E-state index in [1.165, 1.54) is 10.6 Å². The molecule has 0 aliphatic heterocycles. The first-order valence-electron chi connectivity index (χ1n) is 8.07. The van der Waals surface area contributed by atoms with Crippen LogP contribution < -0.4 is 9.62 Å². The standard InChI is InChI=1S/C17H28N2O3S/c1-5-6-11-18-17(20)8-7-12-19(23(4,21)22)16-10-9-14(2)15(3)13-16/h9-10,13H,5-8,11-12H2,1-4H3,(H,18,20). The lowest BCUT2D eigenvalue weighted by Gasteiger charge is -2.23. The van der Waals surface area contributed by atoms with Gasteiger partial charge in [0.15, 0.2) is 0 Å². The lowest BCUT2D eigenvalue weighted by molar-refractivity contribution is -0.121. The Hall–Kier alpha value is -1.56. The first-order valence-corrected chi connectivity index (χ1v) is 9.92. The van der Waals surface area contributed by atoms with E-state index in [-0.39, 0.29) is 5.91 Å². The summed E-state index contributed by atoms with van der Waals surface area (Å²) in [7, 11) is -3.36. The maximum Gasteiger partial charge on any atom is 0.232 e. The third kappa shape index (κ3) is 6.60. The lowest BCUT2D eigenvalue weighted by atomic mass is 10.1. The van der Waals surface area contributed by atoms with E-state index < -0.39 is 10.0 Å². The van der Waals surface area contributed by atoms with E-state index in [1.807, 2.05) is 32.0 Å². The van der Waals surface area contributed by atoms with Crippen LogP contribution in [0.25, 0.3) is 0 Å². The highest BCUT2D eigenvalue weighted by Crippen LogP contribution is 2.21. The Balaban J connectivity index is 2.67. The molecule has 0 atom stereocenters. The van der Waals surface area contributed by atoms with E-state index in [4.69, 9.17) is 0 Å². The van der Waals surface area contributed by atoms with E-state index in [9.17, 15) is 13.2 Å². The first kappa shape index (κ1) is 19.5. The van der Waals surface area contributed by atoms with Crippen LogP contribution in [-0.2, 0) is 14.8 Å². The fourth-order valence-electron chi connectivity index (χ4n) is 2.24. The molecule has 1 aromatic carbocycles. The number of rotatable bonds is 9. The van der Waals surface area contributed by atoms with Crippen molar-refractivity contribution in [3.8, 4) is 0 Å². The second-order valence-electron chi connectivity index (χ2n) is 5.91. The molecule has 0 bridgehead atoms. The molecule has 1 aromatic rings. The molecule has 0 spiro atoms. The van der Waals surface area contributed by atoms with Gasteiger partial charge in [-0.1, -0.05) is 19.4 Å². The monoisotopic (exact) mass is 340 g/mol. The lowest BCUT2D eigenvalue weighted by Crippen LogP contribution is -2.32. The third-order valence-corrected chi connectivity index (χ3v) is 4.99. The van der Waals surface area contributed by atoms with Gasteiger partial charge in [-0.25, -0.2) is 8.42 Å². The van der Waals surface area contributed by atoms with Crippen LogP contribution >= 0.6 is 0 Å². The summed E-state index contributed by atoms with van der Waals surface area (Å²) in [6.45, 7) is 7.01. The van der Waals surface area contributed by atoms with Gasteiger partial charge in [-0.15, -0.1) is 0 Å². The van der Waals surface area contributed by atoms with Gasteiger partial charge in [-0.2, -0.15) is 0 Å². The molecule has 130 valence electrons. The van der Waals surface area contributed by atoms with E-state index in [0.29, 0.717) is 31.6 Å². The van der Waals surface area contributed by atoms with Gasteiger partial charge in [-0.3, -0.25) is 9.10 Å². The molecular formula is C17H28N2O3S. The van der Waals surface area contributed by atoms with Crippen molar-refractivity contribution in [2.45, 2.75) is 46.5 Å². The molecule has 0 saturated heterocycles. The fraction of sp³-hybridized carbons (Fsp3) is 0.588. The van der Waals surface area contributed by atoms with Crippen LogP contribution in [0, 0.1) is 13.8 Å². The van der Waals surface area contributed by atoms with Crippen molar-refractivity contribution in [2.24, 2.45) is 0 Å². The van der Waals surface area contributed by atoms with Gasteiger partial charge < -0.3 is 5.32 Å². The SMILES string of the molecule is CCCCNC(=O)CCCN(c1ccc(C)c(C)c1)S(C)(=O)=O. The Morgan fingerprint density at radius 3 is 2.43 bits per heavy atom. The van der Waals surface area contributed by atoms with E-state index in [0.717, 1.165) is 24.0 Å². The maximum atomic E-state index is 12.0. The number of carbonyl (C=O) groups is 1. The number of aryl methyl sites for hydroxylation is 2. The molecule has 0 unspecified atom stereocenters. The van der Waals surface area contributed by atoms with E-state index in [1.54, 1.807) is 0 Å². The Bertz CT molecular complexity index is 627. The van der Waals surface area contributed by atoms with Crippen LogP contribution in [0.4, 0.5) is 5.69 Å². The zero-order chi connectivity index (χ0) is 17.5. The molecule has 0 fully saturated rings. The summed E-state index contributed by atoms with van der Waals surface area (Å²) in [6, 6.07) is 5.60. The smallest absolute Gasteiger partial charge is 0.232 e. The highest BCUT2D eigenvalue weighted by atomic mass is 32.2. The number of benzene rings is 1. The summed E-state index contributed by atoms with van der Waals surface area (Å²) >= 11 is 0.